The molecule has 2 heterocycles. The molecule has 0 spiro atoms. The van der Waals surface area contributed by atoms with E-state index in [1.165, 1.54) is 17.6 Å². The molecule has 0 aliphatic heterocycles. The number of thiophene rings is 1. The average molecular weight is 302 g/mol. The van der Waals surface area contributed by atoms with Crippen molar-refractivity contribution in [2.75, 3.05) is 12.0 Å². The summed E-state index contributed by atoms with van der Waals surface area (Å²) in [6, 6.07) is 3.67. The Hall–Kier alpha value is -0.760. The maximum absolute atomic E-state index is 11.1. The number of rotatable bonds is 5. The normalized spacial score (nSPS) is 13.7. The van der Waals surface area contributed by atoms with E-state index in [1.807, 2.05) is 22.9 Å². The summed E-state index contributed by atoms with van der Waals surface area (Å²) in [5.41, 5.74) is 6.72. The highest BCUT2D eigenvalue weighted by Crippen LogP contribution is 2.29. The lowest BCUT2D eigenvalue weighted by molar-refractivity contribution is 0.590. The zero-order chi connectivity index (χ0) is 13.2. The molecule has 4 nitrogen and oxygen atoms in total. The second-order valence-electron chi connectivity index (χ2n) is 4.08. The molecule has 7 heteroatoms. The maximum Gasteiger partial charge on any atom is 0.147 e. The van der Waals surface area contributed by atoms with Crippen LogP contribution < -0.4 is 5.73 Å². The van der Waals surface area contributed by atoms with E-state index in [9.17, 15) is 8.42 Å². The minimum absolute atomic E-state index is 0.0973. The lowest BCUT2D eigenvalue weighted by Crippen LogP contribution is -2.15. The highest BCUT2D eigenvalue weighted by molar-refractivity contribution is 7.90. The fraction of sp³-hybridized carbons (Fsp3) is 0.364. The predicted molar refractivity (Wildman–Crippen MR) is 76.7 cm³/mol. The molecule has 2 N–H and O–H groups in total. The summed E-state index contributed by atoms with van der Waals surface area (Å²) < 4.78 is 22.2. The Morgan fingerprint density at radius 3 is 2.83 bits per heavy atom. The number of aromatic nitrogens is 1. The van der Waals surface area contributed by atoms with Crippen LogP contribution in [0.25, 0.3) is 9.88 Å². The van der Waals surface area contributed by atoms with Crippen molar-refractivity contribution in [2.24, 2.45) is 5.73 Å². The topological polar surface area (TPSA) is 73.0 Å². The molecule has 0 saturated heterocycles. The fourth-order valence-corrected chi connectivity index (χ4v) is 3.84. The molecule has 98 valence electrons. The highest BCUT2D eigenvalue weighted by atomic mass is 32.2. The van der Waals surface area contributed by atoms with Crippen LogP contribution in [0, 0.1) is 0 Å². The summed E-state index contributed by atoms with van der Waals surface area (Å²) in [5, 5.41) is 4.84. The molecule has 2 aromatic heterocycles. The fourth-order valence-electron chi connectivity index (χ4n) is 1.46. The average Bonchev–Trinajstić information content (AvgIpc) is 2.94. The molecule has 0 aromatic carbocycles. The van der Waals surface area contributed by atoms with Gasteiger partial charge in [-0.1, -0.05) is 6.07 Å². The van der Waals surface area contributed by atoms with Crippen LogP contribution >= 0.6 is 22.7 Å². The monoisotopic (exact) mass is 302 g/mol. The Balaban J connectivity index is 2.06. The first-order valence-electron chi connectivity index (χ1n) is 5.38. The molecular formula is C11H14N2O2S3. The minimum atomic E-state index is -2.97. The number of thiazole rings is 1. The molecule has 18 heavy (non-hydrogen) atoms. The molecule has 0 aliphatic carbocycles. The second-order valence-corrected chi connectivity index (χ2v) is 8.15. The second kappa shape index (κ2) is 5.48. The molecule has 0 saturated carbocycles. The van der Waals surface area contributed by atoms with Gasteiger partial charge in [0, 0.05) is 17.7 Å². The SMILES string of the molecule is CS(=O)(=O)CCC(N)c1csc(-c2cccs2)n1. The Labute approximate surface area is 114 Å². The largest absolute Gasteiger partial charge is 0.323 e. The van der Waals surface area contributed by atoms with Gasteiger partial charge < -0.3 is 5.73 Å². The summed E-state index contributed by atoms with van der Waals surface area (Å²) in [7, 11) is -2.97. The van der Waals surface area contributed by atoms with Crippen molar-refractivity contribution in [1.29, 1.82) is 0 Å². The number of nitrogens with two attached hydrogens (primary N) is 1. The zero-order valence-corrected chi connectivity index (χ0v) is 12.3. The smallest absolute Gasteiger partial charge is 0.147 e. The van der Waals surface area contributed by atoms with Crippen molar-refractivity contribution in [2.45, 2.75) is 12.5 Å². The molecule has 1 atom stereocenters. The molecule has 0 radical (unpaired) electrons. The Bertz CT molecular complexity index is 602. The Morgan fingerprint density at radius 1 is 1.44 bits per heavy atom. The van der Waals surface area contributed by atoms with Crippen molar-refractivity contribution >= 4 is 32.5 Å². The van der Waals surface area contributed by atoms with E-state index >= 15 is 0 Å². The number of hydrogen-bond donors (Lipinski definition) is 1. The van der Waals surface area contributed by atoms with Gasteiger partial charge >= 0.3 is 0 Å². The van der Waals surface area contributed by atoms with Gasteiger partial charge in [0.1, 0.15) is 14.8 Å². The molecule has 0 aliphatic rings. The minimum Gasteiger partial charge on any atom is -0.323 e. The van der Waals surface area contributed by atoms with Crippen molar-refractivity contribution in [1.82, 2.24) is 4.98 Å². The van der Waals surface area contributed by atoms with E-state index in [0.717, 1.165) is 15.6 Å². The van der Waals surface area contributed by atoms with Gasteiger partial charge in [0.2, 0.25) is 0 Å². The van der Waals surface area contributed by atoms with E-state index in [2.05, 4.69) is 4.98 Å². The van der Waals surface area contributed by atoms with Crippen LogP contribution in [0.5, 0.6) is 0 Å². The quantitative estimate of drug-likeness (QED) is 0.920. The summed E-state index contributed by atoms with van der Waals surface area (Å²) in [6.45, 7) is 0. The first-order valence-corrected chi connectivity index (χ1v) is 9.20. The van der Waals surface area contributed by atoms with E-state index < -0.39 is 9.84 Å². The van der Waals surface area contributed by atoms with E-state index in [4.69, 9.17) is 5.73 Å². The van der Waals surface area contributed by atoms with Gasteiger partial charge in [-0.15, -0.1) is 22.7 Å². The highest BCUT2D eigenvalue weighted by Gasteiger charge is 2.14. The standard InChI is InChI=1S/C11H14N2O2S3/c1-18(14,15)6-4-8(12)9-7-17-11(13-9)10-3-2-5-16-10/h2-3,5,7-8H,4,6,12H2,1H3. The van der Waals surface area contributed by atoms with Gasteiger partial charge in [0.05, 0.1) is 16.3 Å². The van der Waals surface area contributed by atoms with E-state index in [0.29, 0.717) is 6.42 Å². The lowest BCUT2D eigenvalue weighted by Gasteiger charge is -2.07. The van der Waals surface area contributed by atoms with Crippen LogP contribution in [0.3, 0.4) is 0 Å². The molecule has 2 rings (SSSR count). The first kappa shape index (κ1) is 13.7. The van der Waals surface area contributed by atoms with Crippen molar-refractivity contribution in [3.8, 4) is 9.88 Å². The molecule has 0 bridgehead atoms. The van der Waals surface area contributed by atoms with Crippen LogP contribution in [-0.4, -0.2) is 25.4 Å². The molecule has 0 amide bonds. The summed E-state index contributed by atoms with van der Waals surface area (Å²) in [5.74, 6) is 0.0973. The summed E-state index contributed by atoms with van der Waals surface area (Å²) >= 11 is 3.17. The maximum atomic E-state index is 11.1. The van der Waals surface area contributed by atoms with Crippen LogP contribution in [0.4, 0.5) is 0 Å². The third-order valence-corrected chi connectivity index (χ3v) is 5.31. The van der Waals surface area contributed by atoms with Gasteiger partial charge in [0.25, 0.3) is 0 Å². The van der Waals surface area contributed by atoms with Gasteiger partial charge in [-0.2, -0.15) is 0 Å². The van der Waals surface area contributed by atoms with E-state index in [1.54, 1.807) is 11.3 Å². The van der Waals surface area contributed by atoms with Crippen molar-refractivity contribution in [3.05, 3.63) is 28.6 Å². The van der Waals surface area contributed by atoms with E-state index in [-0.39, 0.29) is 11.8 Å². The van der Waals surface area contributed by atoms with Crippen LogP contribution in [0.15, 0.2) is 22.9 Å². The third-order valence-electron chi connectivity index (χ3n) is 2.43. The third kappa shape index (κ3) is 3.61. The van der Waals surface area contributed by atoms with Gasteiger partial charge in [0.15, 0.2) is 0 Å². The number of hydrogen-bond acceptors (Lipinski definition) is 6. The summed E-state index contributed by atoms with van der Waals surface area (Å²) in [6.07, 6.45) is 1.63. The van der Waals surface area contributed by atoms with Crippen LogP contribution in [-0.2, 0) is 9.84 Å². The van der Waals surface area contributed by atoms with Gasteiger partial charge in [-0.05, 0) is 17.9 Å². The molecule has 0 fully saturated rings. The first-order chi connectivity index (χ1) is 8.46. The van der Waals surface area contributed by atoms with Crippen LogP contribution in [0.1, 0.15) is 18.2 Å². The Kier molecular flexibility index (Phi) is 4.16. The predicted octanol–water partition coefficient (Wildman–Crippen LogP) is 2.31. The molecular weight excluding hydrogens is 288 g/mol. The number of nitrogens with zero attached hydrogens (tertiary/aromatic N) is 1. The Morgan fingerprint density at radius 2 is 2.22 bits per heavy atom. The van der Waals surface area contributed by atoms with Crippen molar-refractivity contribution < 1.29 is 8.42 Å². The molecule has 2 aromatic rings. The van der Waals surface area contributed by atoms with Gasteiger partial charge in [-0.25, -0.2) is 13.4 Å². The number of sulfone groups is 1. The van der Waals surface area contributed by atoms with Crippen molar-refractivity contribution in [3.63, 3.8) is 0 Å². The van der Waals surface area contributed by atoms with Gasteiger partial charge in [-0.3, -0.25) is 0 Å². The summed E-state index contributed by atoms with van der Waals surface area (Å²) in [4.78, 5) is 5.57. The van der Waals surface area contributed by atoms with Crippen LogP contribution in [0.2, 0.25) is 0 Å². The zero-order valence-electron chi connectivity index (χ0n) is 9.87. The lowest BCUT2D eigenvalue weighted by atomic mass is 10.2. The molecule has 1 unspecified atom stereocenters.